The maximum atomic E-state index is 11.7. The zero-order valence-electron chi connectivity index (χ0n) is 17.2. The summed E-state index contributed by atoms with van der Waals surface area (Å²) in [7, 11) is 0. The first kappa shape index (κ1) is 24.9. The highest BCUT2D eigenvalue weighted by molar-refractivity contribution is 5.90. The minimum Gasteiger partial charge on any atom is -0.326 e. The number of hydrogen-bond acceptors (Lipinski definition) is 2. The van der Waals surface area contributed by atoms with Crippen molar-refractivity contribution in [3.63, 3.8) is 0 Å². The van der Waals surface area contributed by atoms with Crippen LogP contribution in [0.4, 0.5) is 5.69 Å². The van der Waals surface area contributed by atoms with E-state index in [-0.39, 0.29) is 5.91 Å². The zero-order chi connectivity index (χ0) is 19.0. The summed E-state index contributed by atoms with van der Waals surface area (Å²) in [4.78, 5) is 11.7. The lowest BCUT2D eigenvalue weighted by Gasteiger charge is -2.09. The van der Waals surface area contributed by atoms with Gasteiger partial charge in [0.15, 0.2) is 0 Å². The summed E-state index contributed by atoms with van der Waals surface area (Å²) in [6, 6.07) is 8.66. The molecule has 2 N–H and O–H groups in total. The van der Waals surface area contributed by atoms with Gasteiger partial charge in [-0.2, -0.15) is 0 Å². The van der Waals surface area contributed by atoms with E-state index in [1.54, 1.807) is 0 Å². The Morgan fingerprint density at radius 2 is 1.50 bits per heavy atom. The molecule has 1 rings (SSSR count). The van der Waals surface area contributed by atoms with Gasteiger partial charge in [-0.15, -0.1) is 0 Å². The summed E-state index contributed by atoms with van der Waals surface area (Å²) < 4.78 is 0. The van der Waals surface area contributed by atoms with E-state index in [2.05, 4.69) is 50.5 Å². The first-order valence-corrected chi connectivity index (χ1v) is 9.59. The van der Waals surface area contributed by atoms with Crippen LogP contribution < -0.4 is 10.6 Å². The smallest absolute Gasteiger partial charge is 0.224 e. The molecule has 1 aromatic rings. The van der Waals surface area contributed by atoms with Crippen LogP contribution in [0.25, 0.3) is 0 Å². The maximum absolute atomic E-state index is 11.7. The van der Waals surface area contributed by atoms with Crippen LogP contribution in [0.3, 0.4) is 0 Å². The van der Waals surface area contributed by atoms with Crippen LogP contribution in [-0.2, 0) is 11.2 Å². The summed E-state index contributed by atoms with van der Waals surface area (Å²) in [5.41, 5.74) is 2.18. The summed E-state index contributed by atoms with van der Waals surface area (Å²) >= 11 is 0. The van der Waals surface area contributed by atoms with Crippen molar-refractivity contribution in [2.45, 2.75) is 80.7 Å². The third-order valence-electron chi connectivity index (χ3n) is 3.15. The Morgan fingerprint density at radius 3 is 1.96 bits per heavy atom. The van der Waals surface area contributed by atoms with Crippen LogP contribution in [0.2, 0.25) is 0 Å². The quantitative estimate of drug-likeness (QED) is 0.643. The fourth-order valence-corrected chi connectivity index (χ4v) is 1.90. The maximum Gasteiger partial charge on any atom is 0.224 e. The van der Waals surface area contributed by atoms with Crippen molar-refractivity contribution in [3.05, 3.63) is 29.8 Å². The Kier molecular flexibility index (Phi) is 17.1. The molecule has 0 heterocycles. The highest BCUT2D eigenvalue weighted by atomic mass is 16.1. The van der Waals surface area contributed by atoms with Gasteiger partial charge in [0.1, 0.15) is 0 Å². The van der Waals surface area contributed by atoms with Gasteiger partial charge in [-0.05, 0) is 43.0 Å². The molecule has 140 valence electrons. The molecular weight excluding hydrogens is 296 g/mol. The number of carbonyl (C=O) groups is 1. The number of amides is 1. The number of anilines is 1. The number of rotatable bonds is 8. The summed E-state index contributed by atoms with van der Waals surface area (Å²) in [5, 5.41) is 6.34. The van der Waals surface area contributed by atoms with Crippen molar-refractivity contribution in [2.24, 2.45) is 5.92 Å². The minimum atomic E-state index is 0.105. The van der Waals surface area contributed by atoms with Gasteiger partial charge >= 0.3 is 0 Å². The summed E-state index contributed by atoms with van der Waals surface area (Å²) in [5.74, 6) is 0.671. The van der Waals surface area contributed by atoms with E-state index in [1.165, 1.54) is 5.56 Å². The molecule has 0 saturated carbocycles. The van der Waals surface area contributed by atoms with Gasteiger partial charge < -0.3 is 10.6 Å². The molecule has 0 aliphatic heterocycles. The third-order valence-corrected chi connectivity index (χ3v) is 3.15. The van der Waals surface area contributed by atoms with E-state index in [0.29, 0.717) is 18.4 Å². The van der Waals surface area contributed by atoms with Gasteiger partial charge in [0.25, 0.3) is 0 Å². The SMILES string of the molecule is CC.CC.CC(C)CCC(=O)Nc1ccc(CCNC(C)C)cc1. The van der Waals surface area contributed by atoms with E-state index in [9.17, 15) is 4.79 Å². The molecular formula is C21H40N2O. The molecule has 3 heteroatoms. The molecule has 24 heavy (non-hydrogen) atoms. The fourth-order valence-electron chi connectivity index (χ4n) is 1.90. The average molecular weight is 337 g/mol. The van der Waals surface area contributed by atoms with Gasteiger partial charge in [-0.25, -0.2) is 0 Å². The number of nitrogens with one attached hydrogen (secondary N) is 2. The highest BCUT2D eigenvalue weighted by Gasteiger charge is 2.04. The topological polar surface area (TPSA) is 41.1 Å². The molecule has 0 spiro atoms. The Bertz CT molecular complexity index is 397. The van der Waals surface area contributed by atoms with E-state index in [0.717, 1.165) is 25.1 Å². The van der Waals surface area contributed by atoms with Gasteiger partial charge in [-0.1, -0.05) is 67.5 Å². The van der Waals surface area contributed by atoms with Crippen LogP contribution in [0.15, 0.2) is 24.3 Å². The predicted octanol–water partition coefficient (Wildman–Crippen LogP) is 5.65. The van der Waals surface area contributed by atoms with Crippen LogP contribution in [0.1, 0.15) is 73.8 Å². The predicted molar refractivity (Wildman–Crippen MR) is 109 cm³/mol. The molecule has 3 nitrogen and oxygen atoms in total. The second kappa shape index (κ2) is 16.5. The first-order valence-electron chi connectivity index (χ1n) is 9.59. The van der Waals surface area contributed by atoms with Crippen molar-refractivity contribution in [1.82, 2.24) is 5.32 Å². The monoisotopic (exact) mass is 336 g/mol. The van der Waals surface area contributed by atoms with E-state index in [4.69, 9.17) is 0 Å². The molecule has 0 bridgehead atoms. The lowest BCUT2D eigenvalue weighted by Crippen LogP contribution is -2.24. The summed E-state index contributed by atoms with van der Waals surface area (Å²) in [6.45, 7) is 17.5. The lowest BCUT2D eigenvalue weighted by atomic mass is 10.1. The lowest BCUT2D eigenvalue weighted by molar-refractivity contribution is -0.116. The van der Waals surface area contributed by atoms with Crippen LogP contribution >= 0.6 is 0 Å². The van der Waals surface area contributed by atoms with Gasteiger partial charge in [0.05, 0.1) is 0 Å². The number of carbonyl (C=O) groups excluding carboxylic acids is 1. The molecule has 0 radical (unpaired) electrons. The number of benzene rings is 1. The molecule has 0 aliphatic carbocycles. The van der Waals surface area contributed by atoms with Crippen LogP contribution in [-0.4, -0.2) is 18.5 Å². The molecule has 1 amide bonds. The average Bonchev–Trinajstić information content (AvgIpc) is 2.58. The van der Waals surface area contributed by atoms with E-state index in [1.807, 2.05) is 39.8 Å². The largest absolute Gasteiger partial charge is 0.326 e. The van der Waals surface area contributed by atoms with Crippen molar-refractivity contribution in [1.29, 1.82) is 0 Å². The Balaban J connectivity index is 0. The van der Waals surface area contributed by atoms with Crippen molar-refractivity contribution in [3.8, 4) is 0 Å². The van der Waals surface area contributed by atoms with Gasteiger partial charge in [-0.3, -0.25) is 4.79 Å². The number of hydrogen-bond donors (Lipinski definition) is 2. The van der Waals surface area contributed by atoms with E-state index < -0.39 is 0 Å². The zero-order valence-corrected chi connectivity index (χ0v) is 17.2. The Hall–Kier alpha value is -1.35. The third kappa shape index (κ3) is 14.3. The van der Waals surface area contributed by atoms with Gasteiger partial charge in [0, 0.05) is 18.2 Å². The Morgan fingerprint density at radius 1 is 0.958 bits per heavy atom. The molecule has 0 atom stereocenters. The highest BCUT2D eigenvalue weighted by Crippen LogP contribution is 2.11. The molecule has 0 aliphatic rings. The van der Waals surface area contributed by atoms with Gasteiger partial charge in [0.2, 0.25) is 5.91 Å². The molecule has 0 unspecified atom stereocenters. The minimum absolute atomic E-state index is 0.105. The normalized spacial score (nSPS) is 9.75. The van der Waals surface area contributed by atoms with Crippen LogP contribution in [0.5, 0.6) is 0 Å². The first-order chi connectivity index (χ1) is 11.5. The van der Waals surface area contributed by atoms with Crippen LogP contribution in [0, 0.1) is 5.92 Å². The van der Waals surface area contributed by atoms with Crippen molar-refractivity contribution >= 4 is 11.6 Å². The molecule has 0 saturated heterocycles. The second-order valence-corrected chi connectivity index (χ2v) is 6.04. The molecule has 1 aromatic carbocycles. The molecule has 0 fully saturated rings. The van der Waals surface area contributed by atoms with Crippen molar-refractivity contribution in [2.75, 3.05) is 11.9 Å². The second-order valence-electron chi connectivity index (χ2n) is 6.04. The Labute approximate surface area is 150 Å². The summed E-state index contributed by atoms with van der Waals surface area (Å²) in [6.07, 6.45) is 2.54. The standard InChI is InChI=1S/C17H28N2O.2C2H6/c1-13(2)5-10-17(20)19-16-8-6-15(7-9-16)11-12-18-14(3)4;2*1-2/h6-9,13-14,18H,5,10-12H2,1-4H3,(H,19,20);2*1-2H3. The van der Waals surface area contributed by atoms with E-state index >= 15 is 0 Å². The van der Waals surface area contributed by atoms with Crippen molar-refractivity contribution < 1.29 is 4.79 Å². The fraction of sp³-hybridized carbons (Fsp3) is 0.667. The molecule has 0 aromatic heterocycles.